The summed E-state index contributed by atoms with van der Waals surface area (Å²) in [5.74, 6) is -0.460. The van der Waals surface area contributed by atoms with Crippen molar-refractivity contribution in [2.45, 2.75) is 18.1 Å². The molecule has 30 heavy (non-hydrogen) atoms. The minimum Gasteiger partial charge on any atom is -0.434 e. The van der Waals surface area contributed by atoms with Crippen molar-refractivity contribution in [1.29, 1.82) is 0 Å². The van der Waals surface area contributed by atoms with Gasteiger partial charge in [0.25, 0.3) is 15.9 Å². The van der Waals surface area contributed by atoms with Gasteiger partial charge in [0.05, 0.1) is 4.90 Å². The zero-order chi connectivity index (χ0) is 21.6. The molecule has 0 heterocycles. The van der Waals surface area contributed by atoms with Crippen LogP contribution in [0.25, 0.3) is 0 Å². The number of hydrogen-bond acceptors (Lipinski definition) is 4. The highest BCUT2D eigenvalue weighted by Gasteiger charge is 2.14. The average Bonchev–Trinajstić information content (AvgIpc) is 2.73. The van der Waals surface area contributed by atoms with E-state index in [-0.39, 0.29) is 22.8 Å². The van der Waals surface area contributed by atoms with Gasteiger partial charge in [-0.15, -0.1) is 0 Å². The lowest BCUT2D eigenvalue weighted by atomic mass is 10.1. The molecule has 0 atom stereocenters. The van der Waals surface area contributed by atoms with Gasteiger partial charge < -0.3 is 10.1 Å². The number of amides is 1. The summed E-state index contributed by atoms with van der Waals surface area (Å²) in [5, 5.41) is 2.62. The Hall–Kier alpha value is -3.46. The molecule has 0 spiro atoms. The second-order valence-electron chi connectivity index (χ2n) is 6.16. The van der Waals surface area contributed by atoms with Crippen molar-refractivity contribution in [1.82, 2.24) is 5.32 Å². The van der Waals surface area contributed by atoms with Crippen molar-refractivity contribution in [3.8, 4) is 5.75 Å². The zero-order valence-electron chi connectivity index (χ0n) is 15.6. The number of anilines is 1. The molecule has 0 aliphatic heterocycles. The van der Waals surface area contributed by atoms with Gasteiger partial charge in [-0.3, -0.25) is 9.52 Å². The second kappa shape index (κ2) is 9.36. The first-order chi connectivity index (χ1) is 14.3. The largest absolute Gasteiger partial charge is 0.434 e. The van der Waals surface area contributed by atoms with E-state index < -0.39 is 22.5 Å². The first-order valence-corrected chi connectivity index (χ1v) is 10.3. The maximum Gasteiger partial charge on any atom is 0.387 e. The van der Waals surface area contributed by atoms with Crippen LogP contribution in [0.15, 0.2) is 83.8 Å². The number of rotatable bonds is 8. The van der Waals surface area contributed by atoms with E-state index in [0.29, 0.717) is 11.3 Å². The summed E-state index contributed by atoms with van der Waals surface area (Å²) in [6, 6.07) is 19.9. The van der Waals surface area contributed by atoms with Gasteiger partial charge in [-0.05, 0) is 42.5 Å². The van der Waals surface area contributed by atoms with Crippen molar-refractivity contribution in [3.05, 3.63) is 90.0 Å². The van der Waals surface area contributed by atoms with Crippen molar-refractivity contribution >= 4 is 21.6 Å². The van der Waals surface area contributed by atoms with Gasteiger partial charge in [0.2, 0.25) is 0 Å². The molecule has 0 unspecified atom stereocenters. The minimum atomic E-state index is -3.73. The molecule has 0 aromatic heterocycles. The van der Waals surface area contributed by atoms with E-state index in [1.54, 1.807) is 36.4 Å². The standard InChI is InChI=1S/C21H18F2N2O4S/c22-21(23)29-19-9-5-4-6-16(19)14-24-20(26)15-10-12-17(13-11-15)25-30(27,28)18-7-2-1-3-8-18/h1-13,21,25H,14H2,(H,24,26). The molecule has 2 N–H and O–H groups in total. The Morgan fingerprint density at radius 2 is 1.53 bits per heavy atom. The quantitative estimate of drug-likeness (QED) is 0.563. The van der Waals surface area contributed by atoms with E-state index in [0.717, 1.165) is 0 Å². The molecular weight excluding hydrogens is 414 g/mol. The molecule has 0 saturated heterocycles. The van der Waals surface area contributed by atoms with Crippen LogP contribution >= 0.6 is 0 Å². The van der Waals surface area contributed by atoms with Crippen LogP contribution in [0.2, 0.25) is 0 Å². The molecule has 3 aromatic carbocycles. The Bertz CT molecular complexity index is 1110. The minimum absolute atomic E-state index is 0.00981. The monoisotopic (exact) mass is 432 g/mol. The van der Waals surface area contributed by atoms with Crippen molar-refractivity contribution < 1.29 is 26.7 Å². The molecule has 1 amide bonds. The van der Waals surface area contributed by atoms with Gasteiger partial charge in [0.1, 0.15) is 5.75 Å². The first-order valence-electron chi connectivity index (χ1n) is 8.84. The molecule has 0 radical (unpaired) electrons. The Morgan fingerprint density at radius 3 is 2.20 bits per heavy atom. The molecule has 0 aliphatic carbocycles. The van der Waals surface area contributed by atoms with Crippen LogP contribution in [0.1, 0.15) is 15.9 Å². The summed E-state index contributed by atoms with van der Waals surface area (Å²) in [6.45, 7) is -2.97. The SMILES string of the molecule is O=C(NCc1ccccc1OC(F)F)c1ccc(NS(=O)(=O)c2ccccc2)cc1. The lowest BCUT2D eigenvalue weighted by Gasteiger charge is -2.12. The van der Waals surface area contributed by atoms with E-state index in [1.165, 1.54) is 42.5 Å². The highest BCUT2D eigenvalue weighted by Crippen LogP contribution is 2.20. The number of alkyl halides is 2. The summed E-state index contributed by atoms with van der Waals surface area (Å²) >= 11 is 0. The Labute approximate surface area is 172 Å². The molecule has 156 valence electrons. The van der Waals surface area contributed by atoms with Gasteiger partial charge in [0.15, 0.2) is 0 Å². The molecule has 9 heteroatoms. The van der Waals surface area contributed by atoms with Crippen molar-refractivity contribution in [3.63, 3.8) is 0 Å². The molecular formula is C21H18F2N2O4S. The molecule has 3 rings (SSSR count). The summed E-state index contributed by atoms with van der Waals surface area (Å²) in [6.07, 6.45) is 0. The van der Waals surface area contributed by atoms with E-state index in [2.05, 4.69) is 14.8 Å². The van der Waals surface area contributed by atoms with Crippen LogP contribution in [0.5, 0.6) is 5.75 Å². The fourth-order valence-electron chi connectivity index (χ4n) is 2.64. The summed E-state index contributed by atoms with van der Waals surface area (Å²) in [7, 11) is -3.73. The number of ether oxygens (including phenoxy) is 1. The number of halogens is 2. The maximum atomic E-state index is 12.5. The number of carbonyl (C=O) groups is 1. The molecule has 0 aliphatic rings. The predicted octanol–water partition coefficient (Wildman–Crippen LogP) is 4.02. The molecule has 0 bridgehead atoms. The van der Waals surface area contributed by atoms with E-state index >= 15 is 0 Å². The maximum absolute atomic E-state index is 12.5. The highest BCUT2D eigenvalue weighted by molar-refractivity contribution is 7.92. The Morgan fingerprint density at radius 1 is 0.900 bits per heavy atom. The summed E-state index contributed by atoms with van der Waals surface area (Å²) < 4.78 is 56.5. The van der Waals surface area contributed by atoms with Crippen LogP contribution in [0, 0.1) is 0 Å². The average molecular weight is 432 g/mol. The lowest BCUT2D eigenvalue weighted by molar-refractivity contribution is -0.0504. The van der Waals surface area contributed by atoms with Crippen LogP contribution in [0.3, 0.4) is 0 Å². The number of para-hydroxylation sites is 1. The third-order valence-electron chi connectivity index (χ3n) is 4.08. The van der Waals surface area contributed by atoms with Crippen LogP contribution in [0.4, 0.5) is 14.5 Å². The first kappa shape index (κ1) is 21.3. The topological polar surface area (TPSA) is 84.5 Å². The smallest absolute Gasteiger partial charge is 0.387 e. The van der Waals surface area contributed by atoms with Crippen LogP contribution < -0.4 is 14.8 Å². The predicted molar refractivity (Wildman–Crippen MR) is 108 cm³/mol. The lowest BCUT2D eigenvalue weighted by Crippen LogP contribution is -2.23. The van der Waals surface area contributed by atoms with E-state index in [1.807, 2.05) is 0 Å². The number of hydrogen-bond donors (Lipinski definition) is 2. The highest BCUT2D eigenvalue weighted by atomic mass is 32.2. The molecule has 6 nitrogen and oxygen atoms in total. The van der Waals surface area contributed by atoms with Gasteiger partial charge in [-0.25, -0.2) is 8.42 Å². The summed E-state index contributed by atoms with van der Waals surface area (Å²) in [5.41, 5.74) is 0.981. The van der Waals surface area contributed by atoms with Crippen molar-refractivity contribution in [2.75, 3.05) is 4.72 Å². The Kier molecular flexibility index (Phi) is 6.63. The molecule has 0 fully saturated rings. The molecule has 0 saturated carbocycles. The van der Waals surface area contributed by atoms with Gasteiger partial charge >= 0.3 is 6.61 Å². The zero-order valence-corrected chi connectivity index (χ0v) is 16.4. The van der Waals surface area contributed by atoms with Crippen LogP contribution in [-0.4, -0.2) is 20.9 Å². The van der Waals surface area contributed by atoms with Gasteiger partial charge in [-0.1, -0.05) is 36.4 Å². The van der Waals surface area contributed by atoms with Crippen LogP contribution in [-0.2, 0) is 16.6 Å². The third kappa shape index (κ3) is 5.54. The number of sulfonamides is 1. The third-order valence-corrected chi connectivity index (χ3v) is 5.48. The van der Waals surface area contributed by atoms with Crippen molar-refractivity contribution in [2.24, 2.45) is 0 Å². The second-order valence-corrected chi connectivity index (χ2v) is 7.85. The molecule has 3 aromatic rings. The number of benzene rings is 3. The fraction of sp³-hybridized carbons (Fsp3) is 0.0952. The normalized spacial score (nSPS) is 11.2. The number of carbonyl (C=O) groups excluding carboxylic acids is 1. The van der Waals surface area contributed by atoms with E-state index in [9.17, 15) is 22.0 Å². The Balaban J connectivity index is 1.63. The van der Waals surface area contributed by atoms with Gasteiger partial charge in [0, 0.05) is 23.4 Å². The fourth-order valence-corrected chi connectivity index (χ4v) is 3.72. The van der Waals surface area contributed by atoms with Gasteiger partial charge in [-0.2, -0.15) is 8.78 Å². The summed E-state index contributed by atoms with van der Waals surface area (Å²) in [4.78, 5) is 12.5. The number of nitrogens with one attached hydrogen (secondary N) is 2. The van der Waals surface area contributed by atoms with E-state index in [4.69, 9.17) is 0 Å².